The summed E-state index contributed by atoms with van der Waals surface area (Å²) in [4.78, 5) is 2.32. The third-order valence-corrected chi connectivity index (χ3v) is 9.90. The second kappa shape index (κ2) is 10.6. The molecule has 0 aliphatic rings. The molecule has 0 spiro atoms. The highest BCUT2D eigenvalue weighted by Gasteiger charge is 2.22. The Kier molecular flexibility index (Phi) is 5.91. The Labute approximate surface area is 278 Å². The van der Waals surface area contributed by atoms with Crippen molar-refractivity contribution in [2.45, 2.75) is 0 Å². The van der Waals surface area contributed by atoms with Crippen LogP contribution in [0.4, 0.5) is 17.1 Å². The van der Waals surface area contributed by atoms with Gasteiger partial charge in [0.1, 0.15) is 0 Å². The van der Waals surface area contributed by atoms with Crippen LogP contribution in [0.1, 0.15) is 0 Å². The van der Waals surface area contributed by atoms with Crippen LogP contribution >= 0.6 is 0 Å². The molecule has 2 heteroatoms. The van der Waals surface area contributed by atoms with Gasteiger partial charge in [0, 0.05) is 49.7 Å². The Morgan fingerprint density at radius 1 is 0.292 bits per heavy atom. The first-order valence-electron chi connectivity index (χ1n) is 16.5. The van der Waals surface area contributed by atoms with Crippen molar-refractivity contribution in [1.29, 1.82) is 0 Å². The molecule has 0 unspecified atom stereocenters. The smallest absolute Gasteiger partial charge is 0.0626 e. The lowest BCUT2D eigenvalue weighted by Gasteiger charge is -2.25. The van der Waals surface area contributed by atoms with Gasteiger partial charge in [0.25, 0.3) is 0 Å². The summed E-state index contributed by atoms with van der Waals surface area (Å²) in [5.41, 5.74) is 7.00. The molecular weight excluding hydrogens is 581 g/mol. The molecule has 0 saturated heterocycles. The molecular formula is C46H30N2. The standard InChI is InChI=1S/C46H30N2/c1-3-15-33(16-4-1)47(34-17-5-2-6-18-34)35-25-27-36(28-26-35)48-45-38-20-10-8-14-32(38)24-30-42(45)44-43-37-19-9-7-13-31(37)23-29-40(43)39-21-11-12-22-41(39)46(44)48/h1-30H. The first kappa shape index (κ1) is 26.8. The van der Waals surface area contributed by atoms with Crippen molar-refractivity contribution < 1.29 is 0 Å². The lowest BCUT2D eigenvalue weighted by atomic mass is 9.92. The maximum atomic E-state index is 2.52. The van der Waals surface area contributed by atoms with Crippen LogP contribution in [0, 0.1) is 0 Å². The molecule has 0 N–H and O–H groups in total. The van der Waals surface area contributed by atoms with Crippen LogP contribution in [0.2, 0.25) is 0 Å². The molecule has 48 heavy (non-hydrogen) atoms. The first-order chi connectivity index (χ1) is 23.8. The molecule has 1 heterocycles. The van der Waals surface area contributed by atoms with E-state index in [2.05, 4.69) is 191 Å². The highest BCUT2D eigenvalue weighted by atomic mass is 15.1. The van der Waals surface area contributed by atoms with Crippen LogP contribution in [-0.2, 0) is 0 Å². The molecule has 0 bridgehead atoms. The van der Waals surface area contributed by atoms with E-state index in [1.54, 1.807) is 0 Å². The number of hydrogen-bond acceptors (Lipinski definition) is 1. The van der Waals surface area contributed by atoms with E-state index in [0.717, 1.165) is 22.7 Å². The molecule has 0 radical (unpaired) electrons. The van der Waals surface area contributed by atoms with Gasteiger partial charge in [-0.3, -0.25) is 0 Å². The first-order valence-corrected chi connectivity index (χ1v) is 16.5. The van der Waals surface area contributed by atoms with E-state index in [1.807, 2.05) is 0 Å². The molecule has 0 aliphatic heterocycles. The fraction of sp³-hybridized carbons (Fsp3) is 0. The third kappa shape index (κ3) is 3.93. The second-order valence-corrected chi connectivity index (χ2v) is 12.5. The molecule has 9 aromatic carbocycles. The average Bonchev–Trinajstić information content (AvgIpc) is 3.52. The van der Waals surface area contributed by atoms with Crippen molar-refractivity contribution in [2.75, 3.05) is 4.90 Å². The van der Waals surface area contributed by atoms with Crippen molar-refractivity contribution in [3.8, 4) is 5.69 Å². The van der Waals surface area contributed by atoms with Gasteiger partial charge in [0.05, 0.1) is 11.0 Å². The summed E-state index contributed by atoms with van der Waals surface area (Å²) in [5.74, 6) is 0. The molecule has 2 nitrogen and oxygen atoms in total. The fourth-order valence-corrected chi connectivity index (χ4v) is 7.86. The van der Waals surface area contributed by atoms with Gasteiger partial charge in [-0.05, 0) is 75.5 Å². The van der Waals surface area contributed by atoms with Gasteiger partial charge in [-0.2, -0.15) is 0 Å². The average molecular weight is 611 g/mol. The molecule has 0 fully saturated rings. The Morgan fingerprint density at radius 2 is 0.792 bits per heavy atom. The summed E-state index contributed by atoms with van der Waals surface area (Å²) >= 11 is 0. The molecule has 224 valence electrons. The highest BCUT2D eigenvalue weighted by molar-refractivity contribution is 6.38. The van der Waals surface area contributed by atoms with Gasteiger partial charge in [-0.1, -0.05) is 133 Å². The van der Waals surface area contributed by atoms with Crippen molar-refractivity contribution in [3.05, 3.63) is 182 Å². The summed E-state index contributed by atoms with van der Waals surface area (Å²) in [6.45, 7) is 0. The summed E-state index contributed by atoms with van der Waals surface area (Å²) in [6, 6.07) is 66.1. The van der Waals surface area contributed by atoms with E-state index in [0.29, 0.717) is 0 Å². The van der Waals surface area contributed by atoms with Crippen LogP contribution in [0.15, 0.2) is 182 Å². The lowest BCUT2D eigenvalue weighted by Crippen LogP contribution is -2.09. The maximum Gasteiger partial charge on any atom is 0.0626 e. The van der Waals surface area contributed by atoms with Gasteiger partial charge >= 0.3 is 0 Å². The molecule has 0 atom stereocenters. The van der Waals surface area contributed by atoms with E-state index in [4.69, 9.17) is 0 Å². The Morgan fingerprint density at radius 3 is 1.46 bits per heavy atom. The quantitative estimate of drug-likeness (QED) is 0.180. The number of fused-ring (bicyclic) bond motifs is 12. The second-order valence-electron chi connectivity index (χ2n) is 12.5. The van der Waals surface area contributed by atoms with Gasteiger partial charge < -0.3 is 9.47 Å². The monoisotopic (exact) mass is 610 g/mol. The topological polar surface area (TPSA) is 8.17 Å². The van der Waals surface area contributed by atoms with E-state index < -0.39 is 0 Å². The number of hydrogen-bond donors (Lipinski definition) is 0. The minimum Gasteiger partial charge on any atom is -0.311 e. The number of benzene rings is 9. The zero-order valence-corrected chi connectivity index (χ0v) is 26.2. The molecule has 0 amide bonds. The van der Waals surface area contributed by atoms with E-state index in [1.165, 1.54) is 64.9 Å². The van der Waals surface area contributed by atoms with Crippen LogP contribution in [-0.4, -0.2) is 4.57 Å². The molecule has 0 saturated carbocycles. The zero-order valence-electron chi connectivity index (χ0n) is 26.2. The van der Waals surface area contributed by atoms with E-state index in [-0.39, 0.29) is 0 Å². The molecule has 1 aromatic heterocycles. The Balaban J connectivity index is 1.34. The number of rotatable bonds is 4. The van der Waals surface area contributed by atoms with Gasteiger partial charge in [-0.15, -0.1) is 0 Å². The Hall–Kier alpha value is -6.38. The van der Waals surface area contributed by atoms with Gasteiger partial charge in [-0.25, -0.2) is 0 Å². The molecule has 0 aliphatic carbocycles. The molecule has 10 aromatic rings. The number of aromatic nitrogens is 1. The summed E-state index contributed by atoms with van der Waals surface area (Å²) in [5, 5.41) is 12.8. The summed E-state index contributed by atoms with van der Waals surface area (Å²) in [6.07, 6.45) is 0. The largest absolute Gasteiger partial charge is 0.311 e. The van der Waals surface area contributed by atoms with E-state index >= 15 is 0 Å². The maximum absolute atomic E-state index is 2.52. The van der Waals surface area contributed by atoms with Crippen molar-refractivity contribution in [1.82, 2.24) is 4.57 Å². The lowest BCUT2D eigenvalue weighted by molar-refractivity contribution is 1.18. The summed E-state index contributed by atoms with van der Waals surface area (Å²) in [7, 11) is 0. The predicted molar refractivity (Wildman–Crippen MR) is 205 cm³/mol. The number of para-hydroxylation sites is 2. The fourth-order valence-electron chi connectivity index (χ4n) is 7.86. The Bertz CT molecular complexity index is 2770. The number of anilines is 3. The van der Waals surface area contributed by atoms with Gasteiger partial charge in [0.2, 0.25) is 0 Å². The van der Waals surface area contributed by atoms with Crippen LogP contribution in [0.5, 0.6) is 0 Å². The van der Waals surface area contributed by atoms with E-state index in [9.17, 15) is 0 Å². The normalized spacial score (nSPS) is 11.8. The molecule has 10 rings (SSSR count). The highest BCUT2D eigenvalue weighted by Crippen LogP contribution is 2.46. The SMILES string of the molecule is c1ccc(N(c2ccccc2)c2ccc(-n3c4c5ccccc5ccc4c4c5c6ccccc6ccc5c5ccccc5c43)cc2)cc1. The van der Waals surface area contributed by atoms with Crippen LogP contribution in [0.3, 0.4) is 0 Å². The minimum absolute atomic E-state index is 1.11. The number of nitrogens with zero attached hydrogens (tertiary/aromatic N) is 2. The third-order valence-electron chi connectivity index (χ3n) is 9.90. The van der Waals surface area contributed by atoms with Crippen molar-refractivity contribution >= 4 is 82.0 Å². The zero-order chi connectivity index (χ0) is 31.6. The van der Waals surface area contributed by atoms with Crippen molar-refractivity contribution in [2.24, 2.45) is 0 Å². The van der Waals surface area contributed by atoms with Crippen LogP contribution < -0.4 is 4.90 Å². The minimum atomic E-state index is 1.11. The van der Waals surface area contributed by atoms with Crippen molar-refractivity contribution in [3.63, 3.8) is 0 Å². The predicted octanol–water partition coefficient (Wildman–Crippen LogP) is 12.9. The summed E-state index contributed by atoms with van der Waals surface area (Å²) < 4.78 is 2.52. The van der Waals surface area contributed by atoms with Gasteiger partial charge in [0.15, 0.2) is 0 Å². The van der Waals surface area contributed by atoms with Crippen LogP contribution in [0.25, 0.3) is 70.6 Å².